The molecule has 0 bridgehead atoms. The number of amides is 1. The molecule has 146 valence electrons. The zero-order valence-electron chi connectivity index (χ0n) is 16.3. The lowest BCUT2D eigenvalue weighted by Gasteiger charge is -2.35. The van der Waals surface area contributed by atoms with E-state index in [2.05, 4.69) is 52.7 Å². The summed E-state index contributed by atoms with van der Waals surface area (Å²) in [5.74, 6) is 0.884. The van der Waals surface area contributed by atoms with E-state index < -0.39 is 0 Å². The number of carbonyl (C=O) groups excluding carboxylic acids is 1. The lowest BCUT2D eigenvalue weighted by molar-refractivity contribution is -0.124. The molecule has 4 nitrogen and oxygen atoms in total. The van der Waals surface area contributed by atoms with E-state index >= 15 is 0 Å². The van der Waals surface area contributed by atoms with Gasteiger partial charge in [-0.25, -0.2) is 0 Å². The van der Waals surface area contributed by atoms with E-state index in [0.29, 0.717) is 13.0 Å². The summed E-state index contributed by atoms with van der Waals surface area (Å²) < 4.78 is 5.68. The third-order valence-corrected chi connectivity index (χ3v) is 6.30. The van der Waals surface area contributed by atoms with Crippen LogP contribution in [0.3, 0.4) is 0 Å². The summed E-state index contributed by atoms with van der Waals surface area (Å²) in [6, 6.07) is 15.7. The van der Waals surface area contributed by atoms with Gasteiger partial charge in [-0.15, -0.1) is 0 Å². The second kappa shape index (κ2) is 7.69. The van der Waals surface area contributed by atoms with Crippen LogP contribution in [0.1, 0.15) is 36.0 Å². The molecule has 1 saturated heterocycles. The van der Waals surface area contributed by atoms with Crippen molar-refractivity contribution in [3.8, 4) is 11.1 Å². The molecule has 2 fully saturated rings. The molecule has 2 aliphatic carbocycles. The van der Waals surface area contributed by atoms with Gasteiger partial charge in [0.05, 0.1) is 13.2 Å². The molecular weight excluding hydrogens is 348 g/mol. The summed E-state index contributed by atoms with van der Waals surface area (Å²) >= 11 is 0. The molecule has 28 heavy (non-hydrogen) atoms. The standard InChI is InChI=1S/C24H28N2O2/c27-24(25-14-17-5-6-17)13-21-16-28-10-9-26(21)15-18-7-8-23-20(11-18)12-19-3-1-2-4-22(19)23/h1-4,7-8,11,17,21H,5-6,9-10,12-16H2,(H,25,27). The number of morpholine rings is 1. The van der Waals surface area contributed by atoms with Crippen LogP contribution >= 0.6 is 0 Å². The van der Waals surface area contributed by atoms with Crippen LogP contribution in [0.2, 0.25) is 0 Å². The van der Waals surface area contributed by atoms with Crippen LogP contribution in [-0.2, 0) is 22.5 Å². The molecule has 1 amide bonds. The van der Waals surface area contributed by atoms with Crippen LogP contribution < -0.4 is 5.32 Å². The maximum absolute atomic E-state index is 12.3. The van der Waals surface area contributed by atoms with Crippen molar-refractivity contribution in [3.63, 3.8) is 0 Å². The van der Waals surface area contributed by atoms with Crippen LogP contribution in [0, 0.1) is 5.92 Å². The highest BCUT2D eigenvalue weighted by Crippen LogP contribution is 2.37. The molecule has 2 aromatic rings. The van der Waals surface area contributed by atoms with Gasteiger partial charge in [0, 0.05) is 32.1 Å². The highest BCUT2D eigenvalue weighted by Gasteiger charge is 2.27. The van der Waals surface area contributed by atoms with Crippen molar-refractivity contribution in [3.05, 3.63) is 59.2 Å². The Kier molecular flexibility index (Phi) is 4.91. The minimum Gasteiger partial charge on any atom is -0.378 e. The maximum Gasteiger partial charge on any atom is 0.221 e. The fourth-order valence-corrected chi connectivity index (χ4v) is 4.48. The summed E-state index contributed by atoms with van der Waals surface area (Å²) in [7, 11) is 0. The van der Waals surface area contributed by atoms with E-state index in [1.807, 2.05) is 0 Å². The summed E-state index contributed by atoms with van der Waals surface area (Å²) in [4.78, 5) is 14.7. The fraction of sp³-hybridized carbons (Fsp3) is 0.458. The van der Waals surface area contributed by atoms with Crippen LogP contribution in [0.4, 0.5) is 0 Å². The molecule has 3 aliphatic rings. The van der Waals surface area contributed by atoms with Crippen LogP contribution in [0.5, 0.6) is 0 Å². The van der Waals surface area contributed by atoms with E-state index in [1.165, 1.54) is 40.7 Å². The first-order chi connectivity index (χ1) is 13.8. The van der Waals surface area contributed by atoms with Gasteiger partial charge in [-0.1, -0.05) is 42.5 Å². The highest BCUT2D eigenvalue weighted by molar-refractivity contribution is 5.77. The predicted octanol–water partition coefficient (Wildman–Crippen LogP) is 3.37. The molecule has 0 spiro atoms. The SMILES string of the molecule is O=C(CC1COCCN1Cc1ccc2c(c1)Cc1ccccc1-2)NCC1CC1. The van der Waals surface area contributed by atoms with Crippen molar-refractivity contribution in [2.75, 3.05) is 26.3 Å². The average molecular weight is 377 g/mol. The number of nitrogens with zero attached hydrogens (tertiary/aromatic N) is 1. The number of hydrogen-bond donors (Lipinski definition) is 1. The molecule has 4 heteroatoms. The first-order valence-electron chi connectivity index (χ1n) is 10.5. The number of ether oxygens (including phenoxy) is 1. The van der Waals surface area contributed by atoms with Crippen LogP contribution in [-0.4, -0.2) is 43.2 Å². The largest absolute Gasteiger partial charge is 0.378 e. The summed E-state index contributed by atoms with van der Waals surface area (Å²) in [6.07, 6.45) is 4.08. The molecule has 0 aromatic heterocycles. The van der Waals surface area contributed by atoms with E-state index in [1.54, 1.807) is 0 Å². The second-order valence-corrected chi connectivity index (χ2v) is 8.48. The second-order valence-electron chi connectivity index (χ2n) is 8.48. The van der Waals surface area contributed by atoms with Crippen molar-refractivity contribution in [2.45, 2.75) is 38.3 Å². The number of hydrogen-bond acceptors (Lipinski definition) is 3. The number of benzene rings is 2. The minimum absolute atomic E-state index is 0.164. The van der Waals surface area contributed by atoms with E-state index in [9.17, 15) is 4.79 Å². The van der Waals surface area contributed by atoms with Gasteiger partial charge in [0.1, 0.15) is 0 Å². The normalized spacial score (nSPS) is 21.2. The predicted molar refractivity (Wildman–Crippen MR) is 110 cm³/mol. The Bertz CT molecular complexity index is 875. The third-order valence-electron chi connectivity index (χ3n) is 6.30. The van der Waals surface area contributed by atoms with Gasteiger partial charge in [-0.05, 0) is 53.0 Å². The maximum atomic E-state index is 12.3. The zero-order valence-corrected chi connectivity index (χ0v) is 16.3. The Balaban J connectivity index is 1.25. The Morgan fingerprint density at radius 3 is 2.86 bits per heavy atom. The number of fused-ring (bicyclic) bond motifs is 3. The minimum atomic E-state index is 0.164. The Labute approximate surface area is 166 Å². The van der Waals surface area contributed by atoms with Crippen molar-refractivity contribution in [1.82, 2.24) is 10.2 Å². The highest BCUT2D eigenvalue weighted by atomic mass is 16.5. The van der Waals surface area contributed by atoms with Gasteiger partial charge in [-0.3, -0.25) is 9.69 Å². The lowest BCUT2D eigenvalue weighted by atomic mass is 10.0. The summed E-state index contributed by atoms with van der Waals surface area (Å²) in [5.41, 5.74) is 6.92. The Hall–Kier alpha value is -2.17. The quantitative estimate of drug-likeness (QED) is 0.717. The summed E-state index contributed by atoms with van der Waals surface area (Å²) in [5, 5.41) is 3.10. The lowest BCUT2D eigenvalue weighted by Crippen LogP contribution is -2.47. The van der Waals surface area contributed by atoms with Crippen LogP contribution in [0.15, 0.2) is 42.5 Å². The van der Waals surface area contributed by atoms with E-state index in [4.69, 9.17) is 4.74 Å². The molecule has 5 rings (SSSR count). The summed E-state index contributed by atoms with van der Waals surface area (Å²) in [6.45, 7) is 4.01. The van der Waals surface area contributed by atoms with Crippen molar-refractivity contribution < 1.29 is 9.53 Å². The van der Waals surface area contributed by atoms with Crippen molar-refractivity contribution in [1.29, 1.82) is 0 Å². The van der Waals surface area contributed by atoms with Gasteiger partial charge in [-0.2, -0.15) is 0 Å². The molecule has 1 N–H and O–H groups in total. The molecule has 1 aliphatic heterocycles. The van der Waals surface area contributed by atoms with Crippen molar-refractivity contribution >= 4 is 5.91 Å². The molecule has 1 saturated carbocycles. The zero-order chi connectivity index (χ0) is 18.9. The molecular formula is C24H28N2O2. The number of nitrogens with one attached hydrogen (secondary N) is 1. The van der Waals surface area contributed by atoms with Gasteiger partial charge >= 0.3 is 0 Å². The molecule has 0 radical (unpaired) electrons. The molecule has 1 unspecified atom stereocenters. The van der Waals surface area contributed by atoms with E-state index in [0.717, 1.165) is 38.6 Å². The number of rotatable bonds is 6. The third kappa shape index (κ3) is 3.85. The smallest absolute Gasteiger partial charge is 0.221 e. The monoisotopic (exact) mass is 376 g/mol. The topological polar surface area (TPSA) is 41.6 Å². The molecule has 1 atom stereocenters. The first kappa shape index (κ1) is 17.9. The first-order valence-corrected chi connectivity index (χ1v) is 10.5. The van der Waals surface area contributed by atoms with Crippen molar-refractivity contribution in [2.24, 2.45) is 5.92 Å². The average Bonchev–Trinajstić information content (AvgIpc) is 3.47. The van der Waals surface area contributed by atoms with Gasteiger partial charge in [0.15, 0.2) is 0 Å². The Morgan fingerprint density at radius 1 is 1.11 bits per heavy atom. The fourth-order valence-electron chi connectivity index (χ4n) is 4.48. The molecule has 1 heterocycles. The van der Waals surface area contributed by atoms with E-state index in [-0.39, 0.29) is 11.9 Å². The Morgan fingerprint density at radius 2 is 1.96 bits per heavy atom. The van der Waals surface area contributed by atoms with Gasteiger partial charge < -0.3 is 10.1 Å². The van der Waals surface area contributed by atoms with Crippen LogP contribution in [0.25, 0.3) is 11.1 Å². The number of carbonyl (C=O) groups is 1. The molecule has 2 aromatic carbocycles. The van der Waals surface area contributed by atoms with Gasteiger partial charge in [0.25, 0.3) is 0 Å². The van der Waals surface area contributed by atoms with Gasteiger partial charge in [0.2, 0.25) is 5.91 Å².